The minimum atomic E-state index is -0.595. The lowest BCUT2D eigenvalue weighted by Crippen LogP contribution is -2.23. The van der Waals surface area contributed by atoms with E-state index in [-0.39, 0.29) is 6.61 Å². The summed E-state index contributed by atoms with van der Waals surface area (Å²) >= 11 is 0. The van der Waals surface area contributed by atoms with Gasteiger partial charge in [0.25, 0.3) is 0 Å². The molecule has 0 unspecified atom stereocenters. The Balaban J connectivity index is 2.03. The number of fused-ring (bicyclic) bond motifs is 1. The number of rotatable bonds is 4. The smallest absolute Gasteiger partial charge is 0.412 e. The summed E-state index contributed by atoms with van der Waals surface area (Å²) in [4.78, 5) is 30.9. The Morgan fingerprint density at radius 2 is 2.04 bits per heavy atom. The summed E-state index contributed by atoms with van der Waals surface area (Å²) < 4.78 is 11.1. The van der Waals surface area contributed by atoms with E-state index in [0.29, 0.717) is 34.0 Å². The molecule has 0 atom stereocenters. The van der Waals surface area contributed by atoms with Crippen LogP contribution in [0.4, 0.5) is 10.6 Å². The zero-order valence-electron chi connectivity index (χ0n) is 14.0. The quantitative estimate of drug-likeness (QED) is 0.749. The van der Waals surface area contributed by atoms with Gasteiger partial charge < -0.3 is 14.5 Å². The fraction of sp³-hybridized carbons (Fsp3) is 0.250. The number of nitrogens with zero attached hydrogens (tertiary/aromatic N) is 3. The number of hydrogen-bond donors (Lipinski definition) is 2. The van der Waals surface area contributed by atoms with Gasteiger partial charge in [-0.25, -0.2) is 9.59 Å². The van der Waals surface area contributed by atoms with E-state index in [0.717, 1.165) is 0 Å². The molecular weight excluding hydrogens is 326 g/mol. The van der Waals surface area contributed by atoms with Crippen LogP contribution in [0.15, 0.2) is 29.1 Å². The van der Waals surface area contributed by atoms with Gasteiger partial charge in [0.2, 0.25) is 0 Å². The van der Waals surface area contributed by atoms with E-state index < -0.39 is 11.8 Å². The van der Waals surface area contributed by atoms with Crippen LogP contribution in [0.1, 0.15) is 12.5 Å². The predicted molar refractivity (Wildman–Crippen MR) is 91.4 cm³/mol. The lowest BCUT2D eigenvalue weighted by molar-refractivity contribution is 0.168. The van der Waals surface area contributed by atoms with Gasteiger partial charge in [-0.3, -0.25) is 5.32 Å². The van der Waals surface area contributed by atoms with Gasteiger partial charge in [0.15, 0.2) is 5.65 Å². The zero-order chi connectivity index (χ0) is 18.0. The molecule has 3 rings (SSSR count). The first-order valence-corrected chi connectivity index (χ1v) is 7.61. The Morgan fingerprint density at radius 1 is 1.32 bits per heavy atom. The maximum Gasteiger partial charge on any atom is 0.412 e. The molecule has 0 aliphatic carbocycles. The van der Waals surface area contributed by atoms with Crippen molar-refractivity contribution in [1.29, 1.82) is 0 Å². The molecule has 3 aromatic rings. The maximum absolute atomic E-state index is 12.3. The zero-order valence-corrected chi connectivity index (χ0v) is 14.0. The fourth-order valence-electron chi connectivity index (χ4n) is 2.35. The summed E-state index contributed by atoms with van der Waals surface area (Å²) in [6, 6.07) is 6.85. The minimum absolute atomic E-state index is 0.254. The number of ether oxygens (including phenoxy) is 2. The highest BCUT2D eigenvalue weighted by Crippen LogP contribution is 2.22. The summed E-state index contributed by atoms with van der Waals surface area (Å²) in [5.41, 5.74) is 1.39. The Kier molecular flexibility index (Phi) is 4.38. The number of H-pyrrole nitrogens is 1. The number of anilines is 1. The van der Waals surface area contributed by atoms with Crippen LogP contribution in [0.5, 0.6) is 5.75 Å². The van der Waals surface area contributed by atoms with Crippen molar-refractivity contribution in [3.8, 4) is 11.4 Å². The molecule has 2 heterocycles. The normalized spacial score (nSPS) is 10.7. The molecule has 0 spiro atoms. The number of carbonyl (C=O) groups excluding carboxylic acids is 1. The van der Waals surface area contributed by atoms with Crippen LogP contribution < -0.4 is 15.7 Å². The van der Waals surface area contributed by atoms with Crippen molar-refractivity contribution < 1.29 is 14.3 Å². The van der Waals surface area contributed by atoms with Gasteiger partial charge in [-0.15, -0.1) is 5.10 Å². The van der Waals surface area contributed by atoms with Crippen molar-refractivity contribution >= 4 is 23.1 Å². The Hall–Kier alpha value is -3.36. The van der Waals surface area contributed by atoms with Gasteiger partial charge in [-0.1, -0.05) is 0 Å². The number of benzene rings is 1. The number of carbonyl (C=O) groups is 1. The van der Waals surface area contributed by atoms with Crippen molar-refractivity contribution in [1.82, 2.24) is 19.7 Å². The second-order valence-corrected chi connectivity index (χ2v) is 5.17. The SMILES string of the molecule is CCOC(=O)Nc1[nH]c2nn(-c3ccc(OC)cc3)c(=O)nc2c1C. The number of nitrogens with one attached hydrogen (secondary N) is 2. The molecule has 0 saturated carbocycles. The third kappa shape index (κ3) is 3.16. The van der Waals surface area contributed by atoms with Crippen LogP contribution >= 0.6 is 0 Å². The van der Waals surface area contributed by atoms with Crippen molar-refractivity contribution in [2.75, 3.05) is 19.0 Å². The number of methoxy groups -OCH3 is 1. The van der Waals surface area contributed by atoms with Crippen molar-refractivity contribution in [3.63, 3.8) is 0 Å². The third-order valence-corrected chi connectivity index (χ3v) is 3.61. The van der Waals surface area contributed by atoms with E-state index >= 15 is 0 Å². The van der Waals surface area contributed by atoms with Gasteiger partial charge in [-0.2, -0.15) is 9.67 Å². The van der Waals surface area contributed by atoms with Gasteiger partial charge in [0, 0.05) is 5.56 Å². The van der Waals surface area contributed by atoms with Gasteiger partial charge in [-0.05, 0) is 38.1 Å². The van der Waals surface area contributed by atoms with Gasteiger partial charge in [0.05, 0.1) is 19.4 Å². The van der Waals surface area contributed by atoms with Gasteiger partial charge >= 0.3 is 11.8 Å². The molecule has 1 aromatic carbocycles. The molecule has 0 aliphatic rings. The number of aromatic nitrogens is 4. The number of amides is 1. The summed E-state index contributed by atoms with van der Waals surface area (Å²) in [6.07, 6.45) is -0.595. The molecule has 9 heteroatoms. The summed E-state index contributed by atoms with van der Waals surface area (Å²) in [7, 11) is 1.56. The number of aromatic amines is 1. The average Bonchev–Trinajstić information content (AvgIpc) is 2.90. The first kappa shape index (κ1) is 16.5. The Labute approximate surface area is 142 Å². The topological polar surface area (TPSA) is 111 Å². The highest BCUT2D eigenvalue weighted by atomic mass is 16.5. The van der Waals surface area contributed by atoms with E-state index in [1.807, 2.05) is 0 Å². The molecule has 0 saturated heterocycles. The molecule has 0 bridgehead atoms. The average molecular weight is 343 g/mol. The van der Waals surface area contributed by atoms with Crippen LogP contribution in [0.3, 0.4) is 0 Å². The number of aryl methyl sites for hydroxylation is 1. The van der Waals surface area contributed by atoms with Crippen LogP contribution in [0.25, 0.3) is 16.9 Å². The third-order valence-electron chi connectivity index (χ3n) is 3.61. The molecule has 25 heavy (non-hydrogen) atoms. The molecule has 2 N–H and O–H groups in total. The standard InChI is InChI=1S/C16H17N5O4/c1-4-25-16(23)19-13-9(2)12-14(18-13)20-21(15(22)17-12)10-5-7-11(24-3)8-6-10/h5-8H,4H2,1-3H3,(H,18,20)(H,19,23). The highest BCUT2D eigenvalue weighted by molar-refractivity contribution is 5.90. The summed E-state index contributed by atoms with van der Waals surface area (Å²) in [5, 5.41) is 6.86. The maximum atomic E-state index is 12.3. The first-order chi connectivity index (χ1) is 12.0. The van der Waals surface area contributed by atoms with E-state index in [1.54, 1.807) is 45.2 Å². The van der Waals surface area contributed by atoms with Crippen LogP contribution in [-0.4, -0.2) is 39.6 Å². The monoisotopic (exact) mass is 343 g/mol. The first-order valence-electron chi connectivity index (χ1n) is 7.61. The van der Waals surface area contributed by atoms with E-state index in [2.05, 4.69) is 20.4 Å². The predicted octanol–water partition coefficient (Wildman–Crippen LogP) is 1.99. The molecule has 0 aliphatic heterocycles. The minimum Gasteiger partial charge on any atom is -0.497 e. The lowest BCUT2D eigenvalue weighted by atomic mass is 10.3. The summed E-state index contributed by atoms with van der Waals surface area (Å²) in [6.45, 7) is 3.69. The van der Waals surface area contributed by atoms with E-state index in [9.17, 15) is 9.59 Å². The second-order valence-electron chi connectivity index (χ2n) is 5.17. The Bertz CT molecular complexity index is 975. The largest absolute Gasteiger partial charge is 0.497 e. The fourth-order valence-corrected chi connectivity index (χ4v) is 2.35. The second kappa shape index (κ2) is 6.63. The molecule has 0 radical (unpaired) electrons. The molecule has 0 fully saturated rings. The van der Waals surface area contributed by atoms with Crippen LogP contribution in [0, 0.1) is 6.92 Å². The van der Waals surface area contributed by atoms with Crippen molar-refractivity contribution in [2.45, 2.75) is 13.8 Å². The van der Waals surface area contributed by atoms with E-state index in [1.165, 1.54) is 4.68 Å². The van der Waals surface area contributed by atoms with Gasteiger partial charge in [0.1, 0.15) is 17.1 Å². The van der Waals surface area contributed by atoms with Crippen LogP contribution in [0.2, 0.25) is 0 Å². The highest BCUT2D eigenvalue weighted by Gasteiger charge is 2.15. The lowest BCUT2D eigenvalue weighted by Gasteiger charge is -2.04. The summed E-state index contributed by atoms with van der Waals surface area (Å²) in [5.74, 6) is 1.06. The van der Waals surface area contributed by atoms with Crippen LogP contribution in [-0.2, 0) is 4.74 Å². The number of hydrogen-bond acceptors (Lipinski definition) is 6. The molecule has 130 valence electrons. The molecule has 1 amide bonds. The molecular formula is C16H17N5O4. The van der Waals surface area contributed by atoms with Crippen molar-refractivity contribution in [2.24, 2.45) is 0 Å². The molecule has 2 aromatic heterocycles. The Morgan fingerprint density at radius 3 is 2.68 bits per heavy atom. The van der Waals surface area contributed by atoms with E-state index in [4.69, 9.17) is 9.47 Å². The molecule has 9 nitrogen and oxygen atoms in total. The van der Waals surface area contributed by atoms with Crippen molar-refractivity contribution in [3.05, 3.63) is 40.3 Å².